The Morgan fingerprint density at radius 3 is 2.61 bits per heavy atom. The number of unbranched alkanes of at least 4 members (excludes halogenated alkanes) is 1. The zero-order chi connectivity index (χ0) is 24.6. The Labute approximate surface area is 191 Å². The number of nitrogens with zero attached hydrogens (tertiary/aromatic N) is 3. The Bertz CT molecular complexity index is 982. The summed E-state index contributed by atoms with van der Waals surface area (Å²) >= 11 is 5.74. The second kappa shape index (κ2) is 11.7. The molecule has 0 fully saturated rings. The molecule has 0 unspecified atom stereocenters. The highest BCUT2D eigenvalue weighted by Crippen LogP contribution is 2.41. The molecule has 14 heteroatoms. The van der Waals surface area contributed by atoms with Gasteiger partial charge in [0.1, 0.15) is 17.4 Å². The van der Waals surface area contributed by atoms with E-state index in [-0.39, 0.29) is 24.7 Å². The largest absolute Gasteiger partial charge is 0.475 e. The van der Waals surface area contributed by atoms with Gasteiger partial charge in [0.25, 0.3) is 5.88 Å². The minimum Gasteiger partial charge on any atom is -0.475 e. The normalized spacial score (nSPS) is 11.3. The average Bonchev–Trinajstić information content (AvgIpc) is 3.01. The van der Waals surface area contributed by atoms with Gasteiger partial charge >= 0.3 is 17.8 Å². The number of esters is 1. The number of halogens is 4. The van der Waals surface area contributed by atoms with Gasteiger partial charge in [-0.25, -0.2) is 4.79 Å². The molecule has 182 valence electrons. The van der Waals surface area contributed by atoms with Crippen molar-refractivity contribution in [1.82, 2.24) is 9.78 Å². The number of aryl methyl sites for hydroxylation is 1. The lowest BCUT2D eigenvalue weighted by molar-refractivity contribution is -0.385. The summed E-state index contributed by atoms with van der Waals surface area (Å²) in [5, 5.41) is 14.0. The Hall–Kier alpha value is -3.06. The van der Waals surface area contributed by atoms with E-state index in [1.807, 2.05) is 6.92 Å². The lowest BCUT2D eigenvalue weighted by Gasteiger charge is -2.10. The van der Waals surface area contributed by atoms with Crippen LogP contribution in [-0.4, -0.2) is 47.1 Å². The fourth-order valence-corrected chi connectivity index (χ4v) is 2.83. The molecule has 33 heavy (non-hydrogen) atoms. The van der Waals surface area contributed by atoms with Crippen molar-refractivity contribution in [3.05, 3.63) is 39.0 Å². The molecular weight excluding hydrogens is 475 g/mol. The van der Waals surface area contributed by atoms with Gasteiger partial charge in [0.2, 0.25) is 5.75 Å². The van der Waals surface area contributed by atoms with Crippen LogP contribution in [0.5, 0.6) is 17.4 Å². The van der Waals surface area contributed by atoms with Crippen LogP contribution in [0, 0.1) is 10.1 Å². The van der Waals surface area contributed by atoms with Crippen LogP contribution in [0.1, 0.15) is 25.5 Å². The van der Waals surface area contributed by atoms with Crippen molar-refractivity contribution in [2.45, 2.75) is 25.9 Å². The first-order valence-electron chi connectivity index (χ1n) is 9.66. The van der Waals surface area contributed by atoms with Crippen molar-refractivity contribution in [3.8, 4) is 17.4 Å². The van der Waals surface area contributed by atoms with Crippen molar-refractivity contribution >= 4 is 23.3 Å². The molecule has 0 saturated heterocycles. The fraction of sp³-hybridized carbons (Fsp3) is 0.474. The molecule has 1 heterocycles. The maximum Gasteiger partial charge on any atom is 0.434 e. The molecular formula is C19H21ClF3N3O7. The van der Waals surface area contributed by atoms with Crippen molar-refractivity contribution in [1.29, 1.82) is 0 Å². The Morgan fingerprint density at radius 2 is 2.00 bits per heavy atom. The molecule has 0 saturated carbocycles. The lowest BCUT2D eigenvalue weighted by Crippen LogP contribution is -2.18. The van der Waals surface area contributed by atoms with Crippen LogP contribution in [0.4, 0.5) is 18.9 Å². The number of carbonyl (C=O) groups is 1. The molecule has 0 bridgehead atoms. The second-order valence-electron chi connectivity index (χ2n) is 6.55. The highest BCUT2D eigenvalue weighted by Gasteiger charge is 2.39. The molecule has 1 aromatic carbocycles. The van der Waals surface area contributed by atoms with E-state index in [4.69, 9.17) is 30.5 Å². The average molecular weight is 496 g/mol. The number of carbonyl (C=O) groups excluding carboxylic acids is 1. The van der Waals surface area contributed by atoms with Gasteiger partial charge in [-0.15, -0.1) is 5.10 Å². The Balaban J connectivity index is 2.06. The van der Waals surface area contributed by atoms with Crippen molar-refractivity contribution in [2.24, 2.45) is 7.05 Å². The molecule has 0 aliphatic carbocycles. The van der Waals surface area contributed by atoms with E-state index in [0.717, 1.165) is 38.1 Å². The third-order valence-corrected chi connectivity index (χ3v) is 4.39. The molecule has 2 rings (SSSR count). The highest BCUT2D eigenvalue weighted by atomic mass is 35.5. The highest BCUT2D eigenvalue weighted by molar-refractivity contribution is 6.32. The monoisotopic (exact) mass is 495 g/mol. The third-order valence-electron chi connectivity index (χ3n) is 4.05. The number of hydrogen-bond acceptors (Lipinski definition) is 8. The predicted molar refractivity (Wildman–Crippen MR) is 109 cm³/mol. The maximum absolute atomic E-state index is 13.1. The summed E-state index contributed by atoms with van der Waals surface area (Å²) in [5.74, 6) is -1.87. The SMILES string of the molecule is CCCCOCCOC(=O)COc1cc(Oc2nn(C)c(C(F)(F)F)c2Cl)ccc1[N+](=O)[O-]. The van der Waals surface area contributed by atoms with Gasteiger partial charge < -0.3 is 18.9 Å². The molecule has 0 N–H and O–H groups in total. The zero-order valence-corrected chi connectivity index (χ0v) is 18.4. The van der Waals surface area contributed by atoms with E-state index in [1.54, 1.807) is 0 Å². The van der Waals surface area contributed by atoms with Crippen molar-refractivity contribution in [3.63, 3.8) is 0 Å². The van der Waals surface area contributed by atoms with E-state index in [9.17, 15) is 28.1 Å². The summed E-state index contributed by atoms with van der Waals surface area (Å²) in [4.78, 5) is 22.3. The number of nitro groups is 1. The summed E-state index contributed by atoms with van der Waals surface area (Å²) in [7, 11) is 1.03. The van der Waals surface area contributed by atoms with Gasteiger partial charge in [-0.05, 0) is 12.5 Å². The molecule has 0 spiro atoms. The summed E-state index contributed by atoms with van der Waals surface area (Å²) in [6.07, 6.45) is -2.93. The maximum atomic E-state index is 13.1. The predicted octanol–water partition coefficient (Wildman–Crippen LogP) is 4.53. The van der Waals surface area contributed by atoms with Crippen LogP contribution in [0.25, 0.3) is 0 Å². The number of ether oxygens (including phenoxy) is 4. The topological polar surface area (TPSA) is 115 Å². The molecule has 0 aliphatic rings. The van der Waals surface area contributed by atoms with Gasteiger partial charge in [-0.3, -0.25) is 14.8 Å². The fourth-order valence-electron chi connectivity index (χ4n) is 2.52. The standard InChI is InChI=1S/C19H21ClF3N3O7/c1-3-4-7-30-8-9-31-15(27)11-32-14-10-12(5-6-13(14)26(28)29)33-18-16(20)17(19(21,22)23)25(2)24-18/h5-6,10H,3-4,7-9,11H2,1-2H3. The van der Waals surface area contributed by atoms with Crippen LogP contribution in [0.3, 0.4) is 0 Å². The number of rotatable bonds is 12. The molecule has 0 amide bonds. The molecule has 10 nitrogen and oxygen atoms in total. The molecule has 2 aromatic rings. The Kier molecular flexibility index (Phi) is 9.29. The summed E-state index contributed by atoms with van der Waals surface area (Å²) in [6.45, 7) is 2.07. The number of alkyl halides is 3. The van der Waals surface area contributed by atoms with Crippen LogP contribution < -0.4 is 9.47 Å². The first-order chi connectivity index (χ1) is 15.5. The van der Waals surface area contributed by atoms with Gasteiger partial charge in [-0.2, -0.15) is 13.2 Å². The van der Waals surface area contributed by atoms with Gasteiger partial charge in [0.05, 0.1) is 11.5 Å². The molecule has 0 radical (unpaired) electrons. The number of aromatic nitrogens is 2. The number of hydrogen-bond donors (Lipinski definition) is 0. The van der Waals surface area contributed by atoms with E-state index < -0.39 is 46.0 Å². The third kappa shape index (κ3) is 7.49. The van der Waals surface area contributed by atoms with E-state index in [2.05, 4.69) is 5.10 Å². The lowest BCUT2D eigenvalue weighted by atomic mass is 10.3. The van der Waals surface area contributed by atoms with Crippen molar-refractivity contribution < 1.29 is 41.8 Å². The Morgan fingerprint density at radius 1 is 1.27 bits per heavy atom. The summed E-state index contributed by atoms with van der Waals surface area (Å²) < 4.78 is 60.3. The molecule has 0 aliphatic heterocycles. The summed E-state index contributed by atoms with van der Waals surface area (Å²) in [5.41, 5.74) is -1.72. The smallest absolute Gasteiger partial charge is 0.434 e. The first-order valence-corrected chi connectivity index (χ1v) is 10.0. The number of nitro benzene ring substituents is 1. The quantitative estimate of drug-likeness (QED) is 0.182. The number of benzene rings is 1. The van der Waals surface area contributed by atoms with E-state index >= 15 is 0 Å². The summed E-state index contributed by atoms with van der Waals surface area (Å²) in [6, 6.07) is 3.14. The van der Waals surface area contributed by atoms with Gasteiger partial charge in [0.15, 0.2) is 12.3 Å². The van der Waals surface area contributed by atoms with Gasteiger partial charge in [0, 0.05) is 25.8 Å². The van der Waals surface area contributed by atoms with Crippen LogP contribution in [0.2, 0.25) is 5.02 Å². The van der Waals surface area contributed by atoms with Crippen LogP contribution >= 0.6 is 11.6 Å². The van der Waals surface area contributed by atoms with E-state index in [1.165, 1.54) is 0 Å². The molecule has 1 aromatic heterocycles. The van der Waals surface area contributed by atoms with Gasteiger partial charge in [-0.1, -0.05) is 24.9 Å². The zero-order valence-electron chi connectivity index (χ0n) is 17.7. The minimum absolute atomic E-state index is 0.0170. The minimum atomic E-state index is -4.77. The second-order valence-corrected chi connectivity index (χ2v) is 6.93. The van der Waals surface area contributed by atoms with Crippen LogP contribution in [-0.2, 0) is 27.5 Å². The first kappa shape index (κ1) is 26.2. The molecule has 0 atom stereocenters. The van der Waals surface area contributed by atoms with Crippen LogP contribution in [0.15, 0.2) is 18.2 Å². The van der Waals surface area contributed by atoms with E-state index in [0.29, 0.717) is 11.3 Å². The van der Waals surface area contributed by atoms with Crippen molar-refractivity contribution in [2.75, 3.05) is 26.4 Å².